The number of rotatable bonds is 4. The van der Waals surface area contributed by atoms with Crippen molar-refractivity contribution in [2.45, 2.75) is 57.5 Å². The Morgan fingerprint density at radius 1 is 1.17 bits per heavy atom. The molecule has 1 aliphatic carbocycles. The maximum atomic E-state index is 12.8. The molecule has 1 saturated carbocycles. The van der Waals surface area contributed by atoms with Gasteiger partial charge in [0.2, 0.25) is 0 Å². The third-order valence-corrected chi connectivity index (χ3v) is 6.54. The minimum Gasteiger partial charge on any atom is -0.460 e. The lowest BCUT2D eigenvalue weighted by molar-refractivity contribution is 0.222. The molecule has 3 heterocycles. The number of aromatic amines is 1. The molecule has 156 valence electrons. The average molecular weight is 424 g/mol. The third-order valence-electron chi connectivity index (χ3n) is 6.31. The van der Waals surface area contributed by atoms with Crippen LogP contribution in [0.4, 0.5) is 0 Å². The molecule has 2 aromatic heterocycles. The number of fused-ring (bicyclic) bond motifs is 1. The van der Waals surface area contributed by atoms with Gasteiger partial charge in [0, 0.05) is 36.0 Å². The second-order valence-corrected chi connectivity index (χ2v) is 8.88. The third kappa shape index (κ3) is 4.09. The van der Waals surface area contributed by atoms with Gasteiger partial charge in [0.1, 0.15) is 17.3 Å². The Bertz CT molecular complexity index is 1100. The summed E-state index contributed by atoms with van der Waals surface area (Å²) in [5.41, 5.74) is 2.79. The molecule has 0 bridgehead atoms. The van der Waals surface area contributed by atoms with Gasteiger partial charge in [-0.05, 0) is 37.1 Å². The van der Waals surface area contributed by atoms with Crippen molar-refractivity contribution < 1.29 is 4.42 Å². The number of hydrogen-bond donors (Lipinski definition) is 1. The molecule has 0 saturated heterocycles. The van der Waals surface area contributed by atoms with E-state index >= 15 is 0 Å². The van der Waals surface area contributed by atoms with E-state index in [0.717, 1.165) is 60.0 Å². The number of hydrogen-bond acceptors (Lipinski definition) is 4. The van der Waals surface area contributed by atoms with Gasteiger partial charge in [-0.2, -0.15) is 0 Å². The van der Waals surface area contributed by atoms with Crippen molar-refractivity contribution in [3.05, 3.63) is 74.6 Å². The van der Waals surface area contributed by atoms with Gasteiger partial charge in [-0.15, -0.1) is 0 Å². The smallest absolute Gasteiger partial charge is 0.255 e. The molecule has 2 aliphatic rings. The van der Waals surface area contributed by atoms with Gasteiger partial charge in [0.15, 0.2) is 0 Å². The molecule has 0 spiro atoms. The zero-order valence-electron chi connectivity index (χ0n) is 17.0. The van der Waals surface area contributed by atoms with E-state index in [1.54, 1.807) is 0 Å². The van der Waals surface area contributed by atoms with Crippen LogP contribution < -0.4 is 5.56 Å². The summed E-state index contributed by atoms with van der Waals surface area (Å²) in [6.07, 6.45) is 6.86. The van der Waals surface area contributed by atoms with Gasteiger partial charge in [-0.3, -0.25) is 9.69 Å². The Morgan fingerprint density at radius 2 is 2.03 bits per heavy atom. The first kappa shape index (κ1) is 19.6. The van der Waals surface area contributed by atoms with Crippen molar-refractivity contribution >= 4 is 11.6 Å². The SMILES string of the molecule is O=c1[nH]c(C2CCCCC2)nc2c1CN(Cc1ccc(-c3cccc(Cl)c3)o1)CC2. The fraction of sp³-hybridized carbons (Fsp3) is 0.417. The van der Waals surface area contributed by atoms with Crippen LogP contribution in [0.25, 0.3) is 11.3 Å². The highest BCUT2D eigenvalue weighted by atomic mass is 35.5. The Balaban J connectivity index is 1.30. The summed E-state index contributed by atoms with van der Waals surface area (Å²) in [4.78, 5) is 23.0. The normalized spacial score (nSPS) is 17.8. The molecule has 0 radical (unpaired) electrons. The summed E-state index contributed by atoms with van der Waals surface area (Å²) in [5, 5.41) is 0.692. The summed E-state index contributed by atoms with van der Waals surface area (Å²) in [6.45, 7) is 2.15. The Labute approximate surface area is 181 Å². The molecule has 0 atom stereocenters. The molecular weight excluding hydrogens is 398 g/mol. The molecule has 5 nitrogen and oxygen atoms in total. The lowest BCUT2D eigenvalue weighted by Crippen LogP contribution is -2.36. The molecule has 30 heavy (non-hydrogen) atoms. The highest BCUT2D eigenvalue weighted by molar-refractivity contribution is 6.30. The number of furan rings is 1. The first-order chi connectivity index (χ1) is 14.7. The largest absolute Gasteiger partial charge is 0.460 e. The Hall–Kier alpha value is -2.37. The van der Waals surface area contributed by atoms with Crippen LogP contribution in [0, 0.1) is 0 Å². The molecular formula is C24H26ClN3O2. The van der Waals surface area contributed by atoms with Crippen molar-refractivity contribution in [2.75, 3.05) is 6.54 Å². The highest BCUT2D eigenvalue weighted by Gasteiger charge is 2.25. The monoisotopic (exact) mass is 423 g/mol. The van der Waals surface area contributed by atoms with E-state index in [4.69, 9.17) is 21.0 Å². The van der Waals surface area contributed by atoms with Crippen LogP contribution in [0.3, 0.4) is 0 Å². The maximum absolute atomic E-state index is 12.8. The summed E-state index contributed by atoms with van der Waals surface area (Å²) < 4.78 is 6.04. The van der Waals surface area contributed by atoms with Crippen molar-refractivity contribution in [1.82, 2.24) is 14.9 Å². The molecule has 1 aromatic carbocycles. The van der Waals surface area contributed by atoms with E-state index in [1.165, 1.54) is 19.3 Å². The van der Waals surface area contributed by atoms with Crippen LogP contribution in [0.1, 0.15) is 60.9 Å². The average Bonchev–Trinajstić information content (AvgIpc) is 3.23. The van der Waals surface area contributed by atoms with E-state index in [9.17, 15) is 4.79 Å². The number of benzene rings is 1. The van der Waals surface area contributed by atoms with Gasteiger partial charge in [0.25, 0.3) is 5.56 Å². The van der Waals surface area contributed by atoms with Gasteiger partial charge >= 0.3 is 0 Å². The Kier molecular flexibility index (Phi) is 5.48. The summed E-state index contributed by atoms with van der Waals surface area (Å²) in [5.74, 6) is 3.02. The predicted molar refractivity (Wildman–Crippen MR) is 118 cm³/mol. The van der Waals surface area contributed by atoms with Gasteiger partial charge in [-0.1, -0.05) is 43.0 Å². The van der Waals surface area contributed by atoms with Crippen LogP contribution in [-0.4, -0.2) is 21.4 Å². The summed E-state index contributed by atoms with van der Waals surface area (Å²) in [6, 6.07) is 11.6. The van der Waals surface area contributed by atoms with Crippen LogP contribution in [0.15, 0.2) is 45.6 Å². The molecule has 1 aliphatic heterocycles. The van der Waals surface area contributed by atoms with Crippen LogP contribution in [0.2, 0.25) is 5.02 Å². The second-order valence-electron chi connectivity index (χ2n) is 8.45. The zero-order valence-corrected chi connectivity index (χ0v) is 17.8. The Morgan fingerprint density at radius 3 is 2.87 bits per heavy atom. The van der Waals surface area contributed by atoms with Crippen LogP contribution >= 0.6 is 11.6 Å². The van der Waals surface area contributed by atoms with E-state index in [1.807, 2.05) is 36.4 Å². The van der Waals surface area contributed by atoms with Gasteiger partial charge in [0.05, 0.1) is 17.8 Å². The quantitative estimate of drug-likeness (QED) is 0.619. The first-order valence-corrected chi connectivity index (χ1v) is 11.2. The van der Waals surface area contributed by atoms with E-state index < -0.39 is 0 Å². The zero-order chi connectivity index (χ0) is 20.5. The van der Waals surface area contributed by atoms with Crippen molar-refractivity contribution in [2.24, 2.45) is 0 Å². The maximum Gasteiger partial charge on any atom is 0.255 e. The fourth-order valence-corrected chi connectivity index (χ4v) is 4.87. The molecule has 5 rings (SSSR count). The van der Waals surface area contributed by atoms with E-state index in [0.29, 0.717) is 24.0 Å². The van der Waals surface area contributed by atoms with Crippen LogP contribution in [0.5, 0.6) is 0 Å². The molecule has 0 unspecified atom stereocenters. The molecule has 1 N–H and O–H groups in total. The lowest BCUT2D eigenvalue weighted by atomic mass is 9.88. The molecule has 3 aromatic rings. The molecule has 1 fully saturated rings. The second kappa shape index (κ2) is 8.40. The number of nitrogens with one attached hydrogen (secondary N) is 1. The van der Waals surface area contributed by atoms with E-state index in [2.05, 4.69) is 9.88 Å². The molecule has 6 heteroatoms. The number of halogens is 1. The summed E-state index contributed by atoms with van der Waals surface area (Å²) >= 11 is 6.09. The number of H-pyrrole nitrogens is 1. The van der Waals surface area contributed by atoms with Crippen LogP contribution in [-0.2, 0) is 19.5 Å². The van der Waals surface area contributed by atoms with E-state index in [-0.39, 0.29) is 5.56 Å². The first-order valence-electron chi connectivity index (χ1n) is 10.8. The standard InChI is InChI=1S/C24H26ClN3O2/c25-18-8-4-7-17(13-18)22-10-9-19(30-22)14-28-12-11-21-20(15-28)24(29)27-23(26-21)16-5-2-1-3-6-16/h4,7-10,13,16H,1-3,5-6,11-12,14-15H2,(H,26,27,29). The predicted octanol–water partition coefficient (Wildman–Crippen LogP) is 5.29. The van der Waals surface area contributed by atoms with Gasteiger partial charge in [-0.25, -0.2) is 4.98 Å². The fourth-order valence-electron chi connectivity index (χ4n) is 4.68. The number of nitrogens with zero attached hydrogens (tertiary/aromatic N) is 2. The minimum absolute atomic E-state index is 0.0318. The van der Waals surface area contributed by atoms with Crippen molar-refractivity contribution in [3.63, 3.8) is 0 Å². The minimum atomic E-state index is 0.0318. The van der Waals surface area contributed by atoms with Crippen molar-refractivity contribution in [1.29, 1.82) is 0 Å². The lowest BCUT2D eigenvalue weighted by Gasteiger charge is -2.28. The summed E-state index contributed by atoms with van der Waals surface area (Å²) in [7, 11) is 0. The topological polar surface area (TPSA) is 62.1 Å². The number of aromatic nitrogens is 2. The van der Waals surface area contributed by atoms with Crippen molar-refractivity contribution in [3.8, 4) is 11.3 Å². The highest BCUT2D eigenvalue weighted by Crippen LogP contribution is 2.31. The molecule has 0 amide bonds. The van der Waals surface area contributed by atoms with Gasteiger partial charge < -0.3 is 9.40 Å².